The summed E-state index contributed by atoms with van der Waals surface area (Å²) in [5.74, 6) is 1.48. The third kappa shape index (κ3) is 4.03. The van der Waals surface area contributed by atoms with Gasteiger partial charge >= 0.3 is 6.09 Å². The molecule has 0 aliphatic heterocycles. The molecule has 2 aromatic heterocycles. The first-order valence-corrected chi connectivity index (χ1v) is 10.2. The summed E-state index contributed by atoms with van der Waals surface area (Å²) in [6.45, 7) is 0. The lowest BCUT2D eigenvalue weighted by Crippen LogP contribution is -2.16. The minimum atomic E-state index is -0.632. The Balaban J connectivity index is 1.34. The molecule has 1 amide bonds. The van der Waals surface area contributed by atoms with Crippen LogP contribution in [0.15, 0.2) is 77.7 Å². The second-order valence-electron chi connectivity index (χ2n) is 6.82. The molecule has 5 rings (SSSR count). The van der Waals surface area contributed by atoms with Crippen molar-refractivity contribution in [2.24, 2.45) is 0 Å². The number of aromatic amines is 1. The summed E-state index contributed by atoms with van der Waals surface area (Å²) in [7, 11) is 0. The number of nitrogens with one attached hydrogen (secondary N) is 2. The second-order valence-corrected chi connectivity index (χ2v) is 7.64. The van der Waals surface area contributed by atoms with Gasteiger partial charge in [0.1, 0.15) is 11.6 Å². The third-order valence-corrected chi connectivity index (χ3v) is 5.32. The monoisotopic (exact) mass is 464 g/mol. The molecule has 158 valence electrons. The number of hydrogen-bond donors (Lipinski definition) is 2. The maximum atomic E-state index is 12.4. The Morgan fingerprint density at radius 2 is 1.84 bits per heavy atom. The number of hydrogen-bond acceptors (Lipinski definition) is 5. The molecule has 32 heavy (non-hydrogen) atoms. The van der Waals surface area contributed by atoms with Gasteiger partial charge < -0.3 is 14.1 Å². The van der Waals surface area contributed by atoms with Crippen molar-refractivity contribution in [2.45, 2.75) is 0 Å². The molecule has 9 heteroatoms. The third-order valence-electron chi connectivity index (χ3n) is 4.69. The highest BCUT2D eigenvalue weighted by molar-refractivity contribution is 6.39. The van der Waals surface area contributed by atoms with Crippen molar-refractivity contribution in [3.63, 3.8) is 0 Å². The Morgan fingerprint density at radius 3 is 2.62 bits per heavy atom. The first kappa shape index (κ1) is 20.1. The molecule has 0 atom stereocenters. The molecule has 5 aromatic rings. The van der Waals surface area contributed by atoms with Crippen LogP contribution in [0, 0.1) is 0 Å². The molecular formula is C23H14Cl2N4O3. The highest BCUT2D eigenvalue weighted by Gasteiger charge is 2.14. The summed E-state index contributed by atoms with van der Waals surface area (Å²) >= 11 is 12.6. The summed E-state index contributed by atoms with van der Waals surface area (Å²) in [4.78, 5) is 24.0. The number of H-pyrrole nitrogens is 1. The van der Waals surface area contributed by atoms with Crippen LogP contribution in [-0.4, -0.2) is 21.0 Å². The van der Waals surface area contributed by atoms with Gasteiger partial charge in [0.25, 0.3) is 0 Å². The molecule has 2 N–H and O–H groups in total. The molecule has 0 spiro atoms. The van der Waals surface area contributed by atoms with Crippen LogP contribution >= 0.6 is 23.2 Å². The minimum absolute atomic E-state index is 0.349. The number of oxazole rings is 1. The number of carbonyl (C=O) groups excluding carboxylic acids is 1. The SMILES string of the molecule is O=C(Nc1cccc(-c2cnco2)c1)Oc1ccc2nc(-c3c(Cl)cccc3Cl)[nH]c2c1. The largest absolute Gasteiger partial charge is 0.444 e. The van der Waals surface area contributed by atoms with Crippen LogP contribution in [0.25, 0.3) is 33.7 Å². The maximum Gasteiger partial charge on any atom is 0.417 e. The van der Waals surface area contributed by atoms with E-state index in [-0.39, 0.29) is 0 Å². The highest BCUT2D eigenvalue weighted by atomic mass is 35.5. The summed E-state index contributed by atoms with van der Waals surface area (Å²) in [6.07, 6.45) is 2.31. The quantitative estimate of drug-likeness (QED) is 0.304. The Kier molecular flexibility index (Phi) is 5.26. The molecular weight excluding hydrogens is 451 g/mol. The topological polar surface area (TPSA) is 93.0 Å². The fourth-order valence-corrected chi connectivity index (χ4v) is 3.83. The van der Waals surface area contributed by atoms with Crippen molar-refractivity contribution in [3.05, 3.63) is 83.3 Å². The number of anilines is 1. The van der Waals surface area contributed by atoms with Gasteiger partial charge in [-0.1, -0.05) is 41.4 Å². The highest BCUT2D eigenvalue weighted by Crippen LogP contribution is 2.34. The van der Waals surface area contributed by atoms with E-state index in [0.29, 0.717) is 49.7 Å². The summed E-state index contributed by atoms with van der Waals surface area (Å²) in [5, 5.41) is 3.68. The van der Waals surface area contributed by atoms with Gasteiger partial charge in [-0.3, -0.25) is 5.32 Å². The van der Waals surface area contributed by atoms with Crippen LogP contribution in [0.3, 0.4) is 0 Å². The van der Waals surface area contributed by atoms with Crippen LogP contribution in [-0.2, 0) is 0 Å². The molecule has 7 nitrogen and oxygen atoms in total. The number of ether oxygens (including phenoxy) is 1. The Labute approximate surface area is 192 Å². The van der Waals surface area contributed by atoms with Crippen LogP contribution in [0.2, 0.25) is 10.0 Å². The van der Waals surface area contributed by atoms with Crippen molar-refractivity contribution in [1.82, 2.24) is 15.0 Å². The normalized spacial score (nSPS) is 10.9. The van der Waals surface area contributed by atoms with Crippen molar-refractivity contribution in [2.75, 3.05) is 5.32 Å². The van der Waals surface area contributed by atoms with E-state index >= 15 is 0 Å². The van der Waals surface area contributed by atoms with Crippen molar-refractivity contribution in [1.29, 1.82) is 0 Å². The van der Waals surface area contributed by atoms with Gasteiger partial charge in [-0.15, -0.1) is 0 Å². The lowest BCUT2D eigenvalue weighted by Gasteiger charge is -2.07. The van der Waals surface area contributed by atoms with Gasteiger partial charge in [-0.2, -0.15) is 0 Å². The van der Waals surface area contributed by atoms with E-state index in [1.165, 1.54) is 6.39 Å². The molecule has 0 unspecified atom stereocenters. The molecule has 0 saturated carbocycles. The number of aromatic nitrogens is 3. The molecule has 0 bridgehead atoms. The van der Waals surface area contributed by atoms with Gasteiger partial charge in [0.05, 0.1) is 32.8 Å². The fraction of sp³-hybridized carbons (Fsp3) is 0. The first-order chi connectivity index (χ1) is 15.6. The lowest BCUT2D eigenvalue weighted by molar-refractivity contribution is 0.215. The van der Waals surface area contributed by atoms with Gasteiger partial charge in [0.2, 0.25) is 0 Å². The van der Waals surface area contributed by atoms with E-state index in [4.69, 9.17) is 32.4 Å². The van der Waals surface area contributed by atoms with Gasteiger partial charge in [0, 0.05) is 17.3 Å². The number of carbonyl (C=O) groups is 1. The molecule has 0 aliphatic rings. The average Bonchev–Trinajstić information content (AvgIpc) is 3.43. The molecule has 3 aromatic carbocycles. The number of fused-ring (bicyclic) bond motifs is 1. The van der Waals surface area contributed by atoms with Gasteiger partial charge in [0.15, 0.2) is 12.2 Å². The van der Waals surface area contributed by atoms with E-state index in [9.17, 15) is 4.79 Å². The van der Waals surface area contributed by atoms with E-state index in [1.807, 2.05) is 6.07 Å². The zero-order valence-corrected chi connectivity index (χ0v) is 17.8. The maximum absolute atomic E-state index is 12.4. The average molecular weight is 465 g/mol. The van der Waals surface area contributed by atoms with Crippen LogP contribution in [0.1, 0.15) is 0 Å². The number of nitrogens with zero attached hydrogens (tertiary/aromatic N) is 2. The van der Waals surface area contributed by atoms with Gasteiger partial charge in [-0.05, 0) is 36.4 Å². The van der Waals surface area contributed by atoms with Gasteiger partial charge in [-0.25, -0.2) is 14.8 Å². The van der Waals surface area contributed by atoms with Crippen molar-refractivity contribution in [3.8, 4) is 28.5 Å². The predicted octanol–water partition coefficient (Wildman–Crippen LogP) is 6.80. The molecule has 2 heterocycles. The van der Waals surface area contributed by atoms with Crippen LogP contribution in [0.5, 0.6) is 5.75 Å². The number of benzene rings is 3. The number of imidazole rings is 1. The Morgan fingerprint density at radius 1 is 1.03 bits per heavy atom. The second kappa shape index (κ2) is 8.37. The molecule has 0 radical (unpaired) electrons. The molecule has 0 fully saturated rings. The molecule has 0 aliphatic carbocycles. The zero-order valence-electron chi connectivity index (χ0n) is 16.3. The van der Waals surface area contributed by atoms with E-state index < -0.39 is 6.09 Å². The predicted molar refractivity (Wildman–Crippen MR) is 123 cm³/mol. The van der Waals surface area contributed by atoms with E-state index in [2.05, 4.69) is 20.3 Å². The summed E-state index contributed by atoms with van der Waals surface area (Å²) < 4.78 is 10.7. The minimum Gasteiger partial charge on any atom is -0.444 e. The zero-order chi connectivity index (χ0) is 22.1. The number of halogens is 2. The lowest BCUT2D eigenvalue weighted by atomic mass is 10.1. The standard InChI is InChI=1S/C23H14Cl2N4O3/c24-16-5-2-6-17(25)21(16)22-28-18-8-7-15(10-19(18)29-22)32-23(30)27-14-4-1-3-13(9-14)20-11-26-12-31-20/h1-12H,(H,27,30)(H,28,29). The van der Waals surface area contributed by atoms with Crippen molar-refractivity contribution >= 4 is 46.0 Å². The van der Waals surface area contributed by atoms with Crippen molar-refractivity contribution < 1.29 is 13.9 Å². The summed E-state index contributed by atoms with van der Waals surface area (Å²) in [5.41, 5.74) is 3.31. The van der Waals surface area contributed by atoms with E-state index in [1.54, 1.807) is 60.8 Å². The number of amides is 1. The first-order valence-electron chi connectivity index (χ1n) is 9.49. The summed E-state index contributed by atoms with van der Waals surface area (Å²) in [6, 6.07) is 17.5. The van der Waals surface area contributed by atoms with Crippen LogP contribution in [0.4, 0.5) is 10.5 Å². The number of rotatable bonds is 4. The smallest absolute Gasteiger partial charge is 0.417 e. The Bertz CT molecular complexity index is 1410. The fourth-order valence-electron chi connectivity index (χ4n) is 3.25. The van der Waals surface area contributed by atoms with Crippen LogP contribution < -0.4 is 10.1 Å². The van der Waals surface area contributed by atoms with E-state index in [0.717, 1.165) is 5.56 Å². The Hall–Kier alpha value is -3.81. The molecule has 0 saturated heterocycles.